The lowest BCUT2D eigenvalue weighted by Gasteiger charge is -1.89. The van der Waals surface area contributed by atoms with Gasteiger partial charge in [-0.3, -0.25) is 4.79 Å². The van der Waals surface area contributed by atoms with E-state index in [1.807, 2.05) is 0 Å². The highest BCUT2D eigenvalue weighted by Crippen LogP contribution is 1.95. The zero-order valence-corrected chi connectivity index (χ0v) is 6.30. The molecular formula is C7H6O6. The van der Waals surface area contributed by atoms with Crippen molar-refractivity contribution in [1.29, 1.82) is 0 Å². The summed E-state index contributed by atoms with van der Waals surface area (Å²) in [5, 5.41) is 24.7. The van der Waals surface area contributed by atoms with Gasteiger partial charge in [0.2, 0.25) is 0 Å². The van der Waals surface area contributed by atoms with Gasteiger partial charge in [0.25, 0.3) is 5.78 Å². The van der Waals surface area contributed by atoms with Crippen molar-refractivity contribution < 1.29 is 29.7 Å². The van der Waals surface area contributed by atoms with Gasteiger partial charge in [0, 0.05) is 0 Å². The molecule has 13 heavy (non-hydrogen) atoms. The van der Waals surface area contributed by atoms with Crippen LogP contribution >= 0.6 is 0 Å². The number of carbonyl (C=O) groups excluding carboxylic acids is 1. The summed E-state index contributed by atoms with van der Waals surface area (Å²) in [6.45, 7) is 0. The number of carboxylic acids is 2. The number of hydrogen-bond donors (Lipinski definition) is 3. The van der Waals surface area contributed by atoms with Gasteiger partial charge in [0.15, 0.2) is 0 Å². The number of rotatable bonds is 4. The first-order valence-electron chi connectivity index (χ1n) is 3.02. The Labute approximate surface area is 72.4 Å². The quantitative estimate of drug-likeness (QED) is 0.241. The van der Waals surface area contributed by atoms with Crippen molar-refractivity contribution in [3.63, 3.8) is 0 Å². The third-order valence-corrected chi connectivity index (χ3v) is 1.01. The van der Waals surface area contributed by atoms with E-state index in [-0.39, 0.29) is 6.26 Å². The van der Waals surface area contributed by atoms with E-state index in [9.17, 15) is 14.4 Å². The number of aliphatic carboxylic acids is 2. The summed E-state index contributed by atoms with van der Waals surface area (Å²) in [6.07, 6.45) is 1.49. The molecule has 0 heterocycles. The molecule has 0 aromatic carbocycles. The van der Waals surface area contributed by atoms with Gasteiger partial charge in [0.05, 0.1) is 11.8 Å². The zero-order valence-electron chi connectivity index (χ0n) is 6.30. The Bertz CT molecular complexity index is 298. The van der Waals surface area contributed by atoms with Crippen molar-refractivity contribution in [2.24, 2.45) is 0 Å². The Morgan fingerprint density at radius 3 is 1.77 bits per heavy atom. The summed E-state index contributed by atoms with van der Waals surface area (Å²) in [5.74, 6) is -4.42. The van der Waals surface area contributed by atoms with Crippen LogP contribution < -0.4 is 0 Å². The van der Waals surface area contributed by atoms with Crippen LogP contribution in [0, 0.1) is 0 Å². The molecule has 70 valence electrons. The molecule has 0 aliphatic carbocycles. The molecule has 0 aromatic rings. The van der Waals surface area contributed by atoms with Crippen LogP contribution in [0.2, 0.25) is 0 Å². The van der Waals surface area contributed by atoms with Crippen molar-refractivity contribution in [3.8, 4) is 0 Å². The Morgan fingerprint density at radius 2 is 1.46 bits per heavy atom. The molecule has 0 amide bonds. The molecule has 6 heteroatoms. The Hall–Kier alpha value is -2.11. The van der Waals surface area contributed by atoms with Gasteiger partial charge in [-0.1, -0.05) is 0 Å². The van der Waals surface area contributed by atoms with Gasteiger partial charge >= 0.3 is 11.9 Å². The lowest BCUT2D eigenvalue weighted by atomic mass is 10.2. The van der Waals surface area contributed by atoms with Crippen LogP contribution in [0.1, 0.15) is 0 Å². The molecule has 0 rings (SSSR count). The molecule has 0 aliphatic heterocycles. The van der Waals surface area contributed by atoms with Gasteiger partial charge in [-0.25, -0.2) is 9.59 Å². The molecule has 0 fully saturated rings. The van der Waals surface area contributed by atoms with Crippen molar-refractivity contribution in [1.82, 2.24) is 0 Å². The Balaban J connectivity index is 4.51. The number of carbonyl (C=O) groups is 3. The number of aliphatic hydroxyl groups excluding tert-OH is 1. The maximum atomic E-state index is 10.4. The highest BCUT2D eigenvalue weighted by atomic mass is 16.4. The van der Waals surface area contributed by atoms with E-state index in [1.165, 1.54) is 0 Å². The van der Waals surface area contributed by atoms with Gasteiger partial charge < -0.3 is 15.3 Å². The second-order valence-electron chi connectivity index (χ2n) is 1.89. The van der Waals surface area contributed by atoms with Crippen LogP contribution in [-0.2, 0) is 14.4 Å². The minimum atomic E-state index is -1.70. The number of carboxylic acid groups (broad SMARTS) is 2. The molecule has 0 atom stereocenters. The van der Waals surface area contributed by atoms with Gasteiger partial charge in [-0.2, -0.15) is 0 Å². The average Bonchev–Trinajstić information content (AvgIpc) is 2.04. The summed E-state index contributed by atoms with van der Waals surface area (Å²) in [5.41, 5.74) is -0.574. The lowest BCUT2D eigenvalue weighted by Crippen LogP contribution is -2.09. The van der Waals surface area contributed by atoms with Crippen molar-refractivity contribution >= 4 is 17.7 Å². The van der Waals surface area contributed by atoms with Crippen molar-refractivity contribution in [3.05, 3.63) is 24.0 Å². The molecule has 0 unspecified atom stereocenters. The molecular weight excluding hydrogens is 180 g/mol. The molecule has 0 bridgehead atoms. The van der Waals surface area contributed by atoms with E-state index in [4.69, 9.17) is 15.3 Å². The topological polar surface area (TPSA) is 112 Å². The van der Waals surface area contributed by atoms with Crippen LogP contribution in [-0.4, -0.2) is 33.0 Å². The van der Waals surface area contributed by atoms with Crippen molar-refractivity contribution in [2.45, 2.75) is 0 Å². The van der Waals surface area contributed by atoms with E-state index >= 15 is 0 Å². The second-order valence-corrected chi connectivity index (χ2v) is 1.89. The summed E-state index contributed by atoms with van der Waals surface area (Å²) in [6, 6.07) is 0. The minimum absolute atomic E-state index is 0.258. The lowest BCUT2D eigenvalue weighted by molar-refractivity contribution is -0.146. The van der Waals surface area contributed by atoms with E-state index in [2.05, 4.69) is 0 Å². The molecule has 0 aromatic heterocycles. The summed E-state index contributed by atoms with van der Waals surface area (Å²) < 4.78 is 0. The standard InChI is InChI=1S/C7H6O6/c8-3-4(6(10)11)1-2-5(9)7(12)13/h1-3,8H,(H,10,11)(H,12,13)/b2-1+,4-3+. The van der Waals surface area contributed by atoms with E-state index in [1.54, 1.807) is 0 Å². The monoisotopic (exact) mass is 186 g/mol. The van der Waals surface area contributed by atoms with Gasteiger partial charge in [-0.15, -0.1) is 0 Å². The average molecular weight is 186 g/mol. The summed E-state index contributed by atoms with van der Waals surface area (Å²) >= 11 is 0. The molecule has 6 nitrogen and oxygen atoms in total. The molecule has 0 spiro atoms. The maximum Gasteiger partial charge on any atom is 0.376 e. The molecule has 0 saturated heterocycles. The second kappa shape index (κ2) is 4.70. The summed E-state index contributed by atoms with van der Waals surface area (Å²) in [4.78, 5) is 30.5. The fourth-order valence-electron chi connectivity index (χ4n) is 0.406. The van der Waals surface area contributed by atoms with Crippen LogP contribution in [0.15, 0.2) is 24.0 Å². The highest BCUT2D eigenvalue weighted by Gasteiger charge is 2.08. The normalized spacial score (nSPS) is 11.5. The van der Waals surface area contributed by atoms with E-state index in [0.29, 0.717) is 12.2 Å². The van der Waals surface area contributed by atoms with Crippen molar-refractivity contribution in [2.75, 3.05) is 0 Å². The molecule has 0 saturated carbocycles. The smallest absolute Gasteiger partial charge is 0.376 e. The first kappa shape index (κ1) is 10.9. The van der Waals surface area contributed by atoms with Crippen LogP contribution in [0.4, 0.5) is 0 Å². The number of ketones is 1. The third-order valence-electron chi connectivity index (χ3n) is 1.01. The molecule has 0 radical (unpaired) electrons. The van der Waals surface area contributed by atoms with Gasteiger partial charge in [-0.05, 0) is 12.2 Å². The van der Waals surface area contributed by atoms with Crippen LogP contribution in [0.3, 0.4) is 0 Å². The Morgan fingerprint density at radius 1 is 0.923 bits per heavy atom. The van der Waals surface area contributed by atoms with E-state index < -0.39 is 23.3 Å². The van der Waals surface area contributed by atoms with E-state index in [0.717, 1.165) is 0 Å². The highest BCUT2D eigenvalue weighted by molar-refractivity contribution is 6.37. The summed E-state index contributed by atoms with van der Waals surface area (Å²) in [7, 11) is 0. The fourth-order valence-corrected chi connectivity index (χ4v) is 0.406. The van der Waals surface area contributed by atoms with Gasteiger partial charge in [0.1, 0.15) is 0 Å². The minimum Gasteiger partial charge on any atom is -0.515 e. The third kappa shape index (κ3) is 3.71. The van der Waals surface area contributed by atoms with Crippen LogP contribution in [0.5, 0.6) is 0 Å². The molecule has 0 aliphatic rings. The first-order chi connectivity index (χ1) is 5.99. The van der Waals surface area contributed by atoms with Crippen LogP contribution in [0.25, 0.3) is 0 Å². The molecule has 3 N–H and O–H groups in total. The largest absolute Gasteiger partial charge is 0.515 e. The Kier molecular flexibility index (Phi) is 3.94. The zero-order chi connectivity index (χ0) is 10.4. The first-order valence-corrected chi connectivity index (χ1v) is 3.02. The SMILES string of the molecule is O=C(O)C(=O)/C=C/C(=C\O)C(=O)O. The predicted molar refractivity (Wildman–Crippen MR) is 40.1 cm³/mol. The predicted octanol–water partition coefficient (Wildman–Crippen LogP) is -0.277. The number of aliphatic hydroxyl groups is 1. The maximum absolute atomic E-state index is 10.4. The number of hydrogen-bond acceptors (Lipinski definition) is 4. The fraction of sp³-hybridized carbons (Fsp3) is 0.